The molecule has 1 aromatic carbocycles. The fourth-order valence-electron chi connectivity index (χ4n) is 2.02. The van der Waals surface area contributed by atoms with Gasteiger partial charge in [0.25, 0.3) is 5.91 Å². The quantitative estimate of drug-likeness (QED) is 0.777. The molecule has 0 spiro atoms. The van der Waals surface area contributed by atoms with Crippen LogP contribution in [-0.4, -0.2) is 28.0 Å². The first-order valence-corrected chi connectivity index (χ1v) is 7.20. The maximum absolute atomic E-state index is 11.7. The van der Waals surface area contributed by atoms with Gasteiger partial charge < -0.3 is 10.4 Å². The Morgan fingerprint density at radius 1 is 1.33 bits per heavy atom. The van der Waals surface area contributed by atoms with Gasteiger partial charge in [-0.15, -0.1) is 11.3 Å². The van der Waals surface area contributed by atoms with Crippen LogP contribution in [0.25, 0.3) is 20.8 Å². The highest BCUT2D eigenvalue weighted by molar-refractivity contribution is 7.21. The number of benzene rings is 1. The van der Waals surface area contributed by atoms with E-state index in [0.717, 1.165) is 26.4 Å². The summed E-state index contributed by atoms with van der Waals surface area (Å²) in [5.74, 6) is -0.115. The molecule has 0 unspecified atom stereocenters. The molecular formula is C15H13N3O2S. The van der Waals surface area contributed by atoms with Gasteiger partial charge in [0.1, 0.15) is 5.01 Å². The summed E-state index contributed by atoms with van der Waals surface area (Å²) in [4.78, 5) is 20.3. The predicted octanol–water partition coefficient (Wildman–Crippen LogP) is 2.21. The average Bonchev–Trinajstić information content (AvgIpc) is 2.97. The number of thiazole rings is 1. The van der Waals surface area contributed by atoms with Gasteiger partial charge in [-0.05, 0) is 29.8 Å². The zero-order valence-corrected chi connectivity index (χ0v) is 12.1. The second-order valence-corrected chi connectivity index (χ2v) is 5.55. The molecule has 3 rings (SSSR count). The van der Waals surface area contributed by atoms with Crippen LogP contribution >= 0.6 is 11.3 Å². The highest BCUT2D eigenvalue weighted by Crippen LogP contribution is 2.30. The molecule has 0 atom stereocenters. The summed E-state index contributed by atoms with van der Waals surface area (Å²) in [6.45, 7) is -0.0491. The Labute approximate surface area is 125 Å². The SMILES string of the molecule is CNC(=O)c1ccc2nc(-c3cncc(CO)c3)sc2c1. The van der Waals surface area contributed by atoms with Crippen molar-refractivity contribution in [2.45, 2.75) is 6.61 Å². The number of amides is 1. The van der Waals surface area contributed by atoms with E-state index in [9.17, 15) is 9.90 Å². The number of hydrogen-bond donors (Lipinski definition) is 2. The Morgan fingerprint density at radius 2 is 2.19 bits per heavy atom. The number of aliphatic hydroxyl groups is 1. The molecule has 106 valence electrons. The van der Waals surface area contributed by atoms with Crippen LogP contribution in [0.4, 0.5) is 0 Å². The van der Waals surface area contributed by atoms with E-state index in [0.29, 0.717) is 5.56 Å². The molecule has 2 heterocycles. The molecule has 0 aliphatic rings. The Kier molecular flexibility index (Phi) is 3.64. The van der Waals surface area contributed by atoms with Crippen molar-refractivity contribution >= 4 is 27.5 Å². The lowest BCUT2D eigenvalue weighted by Gasteiger charge is -1.98. The number of nitrogens with zero attached hydrogens (tertiary/aromatic N) is 2. The average molecular weight is 299 g/mol. The van der Waals surface area contributed by atoms with Gasteiger partial charge in [-0.2, -0.15) is 0 Å². The molecule has 21 heavy (non-hydrogen) atoms. The summed E-state index contributed by atoms with van der Waals surface area (Å²) in [5.41, 5.74) is 3.07. The molecule has 2 aromatic heterocycles. The van der Waals surface area contributed by atoms with Crippen LogP contribution in [0.1, 0.15) is 15.9 Å². The number of carbonyl (C=O) groups excluding carboxylic acids is 1. The minimum atomic E-state index is -0.115. The molecule has 0 fully saturated rings. The number of nitrogens with one attached hydrogen (secondary N) is 1. The van der Waals surface area contributed by atoms with E-state index in [1.807, 2.05) is 18.2 Å². The number of aliphatic hydroxyl groups excluding tert-OH is 1. The molecule has 0 saturated heterocycles. The van der Waals surface area contributed by atoms with Gasteiger partial charge in [-0.3, -0.25) is 9.78 Å². The third-order valence-electron chi connectivity index (χ3n) is 3.10. The first-order chi connectivity index (χ1) is 10.2. The van der Waals surface area contributed by atoms with Gasteiger partial charge in [0.15, 0.2) is 0 Å². The summed E-state index contributed by atoms with van der Waals surface area (Å²) in [6.07, 6.45) is 3.34. The van der Waals surface area contributed by atoms with E-state index in [1.54, 1.807) is 25.5 Å². The second-order valence-electron chi connectivity index (χ2n) is 4.52. The molecule has 0 saturated carbocycles. The summed E-state index contributed by atoms with van der Waals surface area (Å²) in [7, 11) is 1.61. The number of hydrogen-bond acceptors (Lipinski definition) is 5. The van der Waals surface area contributed by atoms with Crippen LogP contribution in [0.3, 0.4) is 0 Å². The first kappa shape index (κ1) is 13.7. The molecule has 0 aliphatic heterocycles. The van der Waals surface area contributed by atoms with Crippen molar-refractivity contribution in [3.63, 3.8) is 0 Å². The predicted molar refractivity (Wildman–Crippen MR) is 82.2 cm³/mol. The molecule has 3 aromatic rings. The lowest BCUT2D eigenvalue weighted by molar-refractivity contribution is 0.0963. The molecule has 1 amide bonds. The summed E-state index contributed by atoms with van der Waals surface area (Å²) in [6, 6.07) is 7.29. The van der Waals surface area contributed by atoms with Crippen LogP contribution in [0.2, 0.25) is 0 Å². The van der Waals surface area contributed by atoms with Crippen molar-refractivity contribution in [3.8, 4) is 10.6 Å². The van der Waals surface area contributed by atoms with E-state index < -0.39 is 0 Å². The van der Waals surface area contributed by atoms with Crippen LogP contribution < -0.4 is 5.32 Å². The maximum Gasteiger partial charge on any atom is 0.251 e. The van der Waals surface area contributed by atoms with Gasteiger partial charge in [0, 0.05) is 30.6 Å². The minimum Gasteiger partial charge on any atom is -0.392 e. The third-order valence-corrected chi connectivity index (χ3v) is 4.17. The van der Waals surface area contributed by atoms with Crippen molar-refractivity contribution in [1.82, 2.24) is 15.3 Å². The fourth-order valence-corrected chi connectivity index (χ4v) is 3.01. The van der Waals surface area contributed by atoms with Gasteiger partial charge >= 0.3 is 0 Å². The fraction of sp³-hybridized carbons (Fsp3) is 0.133. The van der Waals surface area contributed by atoms with Gasteiger partial charge in [0.2, 0.25) is 0 Å². The maximum atomic E-state index is 11.7. The van der Waals surface area contributed by atoms with Crippen molar-refractivity contribution in [3.05, 3.63) is 47.8 Å². The van der Waals surface area contributed by atoms with Crippen molar-refractivity contribution < 1.29 is 9.90 Å². The highest BCUT2D eigenvalue weighted by Gasteiger charge is 2.10. The minimum absolute atomic E-state index is 0.0491. The Morgan fingerprint density at radius 3 is 2.95 bits per heavy atom. The Hall–Kier alpha value is -2.31. The number of pyridine rings is 1. The zero-order chi connectivity index (χ0) is 14.8. The Bertz CT molecular complexity index is 814. The van der Waals surface area contributed by atoms with Gasteiger partial charge in [-0.1, -0.05) is 0 Å². The summed E-state index contributed by atoms with van der Waals surface area (Å²) in [5, 5.41) is 12.6. The molecule has 6 heteroatoms. The van der Waals surface area contributed by atoms with E-state index in [2.05, 4.69) is 15.3 Å². The van der Waals surface area contributed by atoms with E-state index in [-0.39, 0.29) is 12.5 Å². The smallest absolute Gasteiger partial charge is 0.251 e. The van der Waals surface area contributed by atoms with Crippen molar-refractivity contribution in [2.75, 3.05) is 7.05 Å². The van der Waals surface area contributed by atoms with Crippen LogP contribution in [0, 0.1) is 0 Å². The summed E-state index contributed by atoms with van der Waals surface area (Å²) < 4.78 is 0.945. The van der Waals surface area contributed by atoms with Crippen molar-refractivity contribution in [2.24, 2.45) is 0 Å². The van der Waals surface area contributed by atoms with Crippen molar-refractivity contribution in [1.29, 1.82) is 0 Å². The molecule has 5 nitrogen and oxygen atoms in total. The molecule has 0 radical (unpaired) electrons. The standard InChI is InChI=1S/C15H13N3O2S/c1-16-14(20)10-2-3-12-13(5-10)21-15(18-12)11-4-9(8-19)6-17-7-11/h2-7,19H,8H2,1H3,(H,16,20). The van der Waals surface area contributed by atoms with Gasteiger partial charge in [0.05, 0.1) is 16.8 Å². The van der Waals surface area contributed by atoms with E-state index in [1.165, 1.54) is 11.3 Å². The topological polar surface area (TPSA) is 75.1 Å². The first-order valence-electron chi connectivity index (χ1n) is 6.39. The second kappa shape index (κ2) is 5.59. The largest absolute Gasteiger partial charge is 0.392 e. The van der Waals surface area contributed by atoms with E-state index >= 15 is 0 Å². The number of aromatic nitrogens is 2. The van der Waals surface area contributed by atoms with Gasteiger partial charge in [-0.25, -0.2) is 4.98 Å². The van der Waals surface area contributed by atoms with Crippen LogP contribution in [0.15, 0.2) is 36.7 Å². The summed E-state index contributed by atoms with van der Waals surface area (Å²) >= 11 is 1.50. The highest BCUT2D eigenvalue weighted by atomic mass is 32.1. The number of carbonyl (C=O) groups is 1. The lowest BCUT2D eigenvalue weighted by Crippen LogP contribution is -2.17. The van der Waals surface area contributed by atoms with Crippen LogP contribution in [0.5, 0.6) is 0 Å². The monoisotopic (exact) mass is 299 g/mol. The molecule has 0 aliphatic carbocycles. The zero-order valence-electron chi connectivity index (χ0n) is 11.3. The number of fused-ring (bicyclic) bond motifs is 1. The number of rotatable bonds is 3. The third kappa shape index (κ3) is 2.63. The van der Waals surface area contributed by atoms with E-state index in [4.69, 9.17) is 0 Å². The molecule has 2 N–H and O–H groups in total. The molecule has 0 bridgehead atoms. The lowest BCUT2D eigenvalue weighted by atomic mass is 10.2. The van der Waals surface area contributed by atoms with Crippen LogP contribution in [-0.2, 0) is 6.61 Å². The molecular weight excluding hydrogens is 286 g/mol. The Balaban J connectivity index is 2.06. The normalized spacial score (nSPS) is 10.8.